The molecule has 12 heavy (non-hydrogen) atoms. The second-order valence-electron chi connectivity index (χ2n) is 3.67. The van der Waals surface area contributed by atoms with Crippen LogP contribution in [0.2, 0.25) is 0 Å². The van der Waals surface area contributed by atoms with Crippen LogP contribution in [0, 0.1) is 11.8 Å². The largest absolute Gasteiger partial charge is 0.337 e. The number of aromatic nitrogens is 2. The van der Waals surface area contributed by atoms with Crippen LogP contribution in [0.25, 0.3) is 5.57 Å². The fourth-order valence-corrected chi connectivity index (χ4v) is 2.42. The van der Waals surface area contributed by atoms with Gasteiger partial charge in [0.2, 0.25) is 0 Å². The van der Waals surface area contributed by atoms with Crippen LogP contribution >= 0.6 is 0 Å². The van der Waals surface area contributed by atoms with Crippen LogP contribution in [-0.2, 0) is 0 Å². The van der Waals surface area contributed by atoms with E-state index in [9.17, 15) is 0 Å². The van der Waals surface area contributed by atoms with Gasteiger partial charge in [-0.15, -0.1) is 5.10 Å². The lowest BCUT2D eigenvalue weighted by Crippen LogP contribution is -1.94. The molecule has 0 aromatic carbocycles. The van der Waals surface area contributed by atoms with Crippen molar-refractivity contribution in [1.29, 1.82) is 0 Å². The molecule has 0 amide bonds. The second-order valence-corrected chi connectivity index (χ2v) is 3.67. The van der Waals surface area contributed by atoms with Gasteiger partial charge in [-0.05, 0) is 36.7 Å². The van der Waals surface area contributed by atoms with Crippen LogP contribution in [0.1, 0.15) is 25.0 Å². The molecule has 3 rings (SSSR count). The average molecular weight is 162 g/mol. The molecular formula is C9H10N2O. The summed E-state index contributed by atoms with van der Waals surface area (Å²) in [5.41, 5.74) is 1.34. The summed E-state index contributed by atoms with van der Waals surface area (Å²) in [6.07, 6.45) is 8.03. The molecule has 0 radical (unpaired) electrons. The minimum atomic E-state index is 0.727. The number of nitrogens with zero attached hydrogens (tertiary/aromatic N) is 2. The van der Waals surface area contributed by atoms with Crippen molar-refractivity contribution in [3.8, 4) is 0 Å². The summed E-state index contributed by atoms with van der Waals surface area (Å²) in [6.45, 7) is 0. The summed E-state index contributed by atoms with van der Waals surface area (Å²) in [4.78, 5) is 0. The molecule has 2 aliphatic carbocycles. The summed E-state index contributed by atoms with van der Waals surface area (Å²) in [6, 6.07) is 0. The maximum atomic E-state index is 5.04. The van der Waals surface area contributed by atoms with Gasteiger partial charge in [0.25, 0.3) is 0 Å². The quantitative estimate of drug-likeness (QED) is 0.632. The summed E-state index contributed by atoms with van der Waals surface area (Å²) < 4.78 is 5.04. The van der Waals surface area contributed by atoms with Crippen molar-refractivity contribution in [2.24, 2.45) is 11.8 Å². The van der Waals surface area contributed by atoms with Crippen molar-refractivity contribution in [3.63, 3.8) is 0 Å². The van der Waals surface area contributed by atoms with Gasteiger partial charge < -0.3 is 4.52 Å². The zero-order chi connectivity index (χ0) is 7.97. The first-order valence-corrected chi connectivity index (χ1v) is 4.43. The van der Waals surface area contributed by atoms with E-state index in [2.05, 4.69) is 16.4 Å². The molecule has 1 fully saturated rings. The number of hydrogen-bond acceptors (Lipinski definition) is 3. The fourth-order valence-electron chi connectivity index (χ4n) is 2.42. The molecule has 1 saturated carbocycles. The molecule has 2 atom stereocenters. The molecule has 1 heterocycles. The Kier molecular flexibility index (Phi) is 1.17. The molecule has 0 spiro atoms. The first kappa shape index (κ1) is 6.40. The molecule has 2 bridgehead atoms. The van der Waals surface area contributed by atoms with E-state index in [0.29, 0.717) is 0 Å². The van der Waals surface area contributed by atoms with E-state index in [1.807, 2.05) is 0 Å². The van der Waals surface area contributed by atoms with Crippen molar-refractivity contribution >= 4 is 5.57 Å². The Hall–Kier alpha value is -1.12. The van der Waals surface area contributed by atoms with Crippen molar-refractivity contribution in [2.75, 3.05) is 0 Å². The van der Waals surface area contributed by atoms with Gasteiger partial charge in [0, 0.05) is 5.27 Å². The van der Waals surface area contributed by atoms with Crippen LogP contribution in [0.15, 0.2) is 16.8 Å². The van der Waals surface area contributed by atoms with E-state index in [0.717, 1.165) is 17.6 Å². The molecule has 62 valence electrons. The Labute approximate surface area is 70.4 Å². The number of hydrogen-bond donors (Lipinski definition) is 0. The average Bonchev–Trinajstić information content (AvgIpc) is 2.81. The summed E-state index contributed by atoms with van der Waals surface area (Å²) in [5, 5.41) is 7.18. The molecule has 2 aliphatic rings. The topological polar surface area (TPSA) is 38.9 Å². The van der Waals surface area contributed by atoms with Gasteiger partial charge in [-0.3, -0.25) is 0 Å². The highest BCUT2D eigenvalue weighted by molar-refractivity contribution is 5.66. The molecule has 3 nitrogen and oxygen atoms in total. The van der Waals surface area contributed by atoms with Gasteiger partial charge in [-0.25, -0.2) is 0 Å². The van der Waals surface area contributed by atoms with E-state index >= 15 is 0 Å². The fraction of sp³-hybridized carbons (Fsp3) is 0.556. The zero-order valence-electron chi connectivity index (χ0n) is 6.73. The first-order valence-electron chi connectivity index (χ1n) is 4.43. The Bertz CT molecular complexity index is 315. The van der Waals surface area contributed by atoms with Gasteiger partial charge in [0.05, 0.1) is 6.20 Å². The Morgan fingerprint density at radius 2 is 2.42 bits per heavy atom. The van der Waals surface area contributed by atoms with Crippen molar-refractivity contribution in [2.45, 2.75) is 19.3 Å². The Morgan fingerprint density at radius 3 is 3.00 bits per heavy atom. The summed E-state index contributed by atoms with van der Waals surface area (Å²) in [5.74, 6) is 2.40. The van der Waals surface area contributed by atoms with Gasteiger partial charge in [0.1, 0.15) is 0 Å². The molecule has 1 aromatic heterocycles. The molecule has 3 heteroatoms. The zero-order valence-corrected chi connectivity index (χ0v) is 6.73. The second kappa shape index (κ2) is 2.19. The van der Waals surface area contributed by atoms with Gasteiger partial charge >= 0.3 is 0 Å². The summed E-state index contributed by atoms with van der Waals surface area (Å²) >= 11 is 0. The van der Waals surface area contributed by atoms with E-state index in [-0.39, 0.29) is 0 Å². The maximum Gasteiger partial charge on any atom is 0.183 e. The smallest absolute Gasteiger partial charge is 0.183 e. The van der Waals surface area contributed by atoms with Crippen LogP contribution in [0.4, 0.5) is 0 Å². The summed E-state index contributed by atoms with van der Waals surface area (Å²) in [7, 11) is 0. The van der Waals surface area contributed by atoms with Gasteiger partial charge in [-0.2, -0.15) is 0 Å². The van der Waals surface area contributed by atoms with Crippen LogP contribution in [0.3, 0.4) is 0 Å². The standard InChI is InChI=1S/C9H10N2O/c1-2-7-3-6(1)4-8(7)9-5-10-11-12-9/h4-7H,1-3H2. The Balaban J connectivity index is 2.00. The third-order valence-electron chi connectivity index (χ3n) is 2.97. The van der Waals surface area contributed by atoms with Crippen molar-refractivity contribution < 1.29 is 4.52 Å². The lowest BCUT2D eigenvalue weighted by molar-refractivity contribution is 0.381. The van der Waals surface area contributed by atoms with Crippen LogP contribution in [0.5, 0.6) is 0 Å². The third kappa shape index (κ3) is 0.763. The van der Waals surface area contributed by atoms with E-state index < -0.39 is 0 Å². The lowest BCUT2D eigenvalue weighted by atomic mass is 9.97. The molecule has 2 unspecified atom stereocenters. The normalized spacial score (nSPS) is 32.5. The minimum absolute atomic E-state index is 0.727. The molecule has 0 saturated heterocycles. The van der Waals surface area contributed by atoms with E-state index in [1.54, 1.807) is 6.20 Å². The van der Waals surface area contributed by atoms with E-state index in [1.165, 1.54) is 24.8 Å². The van der Waals surface area contributed by atoms with Crippen LogP contribution < -0.4 is 0 Å². The maximum absolute atomic E-state index is 5.04. The number of allylic oxidation sites excluding steroid dienone is 2. The molecule has 0 N–H and O–H groups in total. The highest BCUT2D eigenvalue weighted by Gasteiger charge is 2.34. The van der Waals surface area contributed by atoms with E-state index in [4.69, 9.17) is 4.52 Å². The Morgan fingerprint density at radius 1 is 1.42 bits per heavy atom. The first-order chi connectivity index (χ1) is 5.93. The number of rotatable bonds is 1. The monoisotopic (exact) mass is 162 g/mol. The highest BCUT2D eigenvalue weighted by Crippen LogP contribution is 2.47. The van der Waals surface area contributed by atoms with Crippen LogP contribution in [-0.4, -0.2) is 10.4 Å². The SMILES string of the molecule is C1=C(c2cnno2)C2CCC1C2. The lowest BCUT2D eigenvalue weighted by Gasteiger charge is -2.08. The van der Waals surface area contributed by atoms with Crippen molar-refractivity contribution in [1.82, 2.24) is 10.4 Å². The van der Waals surface area contributed by atoms with Gasteiger partial charge in [0.15, 0.2) is 5.76 Å². The predicted octanol–water partition coefficient (Wildman–Crippen LogP) is 1.88. The molecule has 1 aromatic rings. The molecular weight excluding hydrogens is 152 g/mol. The molecule has 0 aliphatic heterocycles. The number of fused-ring (bicyclic) bond motifs is 2. The minimum Gasteiger partial charge on any atom is -0.337 e. The third-order valence-corrected chi connectivity index (χ3v) is 2.97. The van der Waals surface area contributed by atoms with Crippen molar-refractivity contribution in [3.05, 3.63) is 18.0 Å². The highest BCUT2D eigenvalue weighted by atomic mass is 16.5. The predicted molar refractivity (Wildman–Crippen MR) is 43.1 cm³/mol. The van der Waals surface area contributed by atoms with Gasteiger partial charge in [-0.1, -0.05) is 6.08 Å².